The highest BCUT2D eigenvalue weighted by Gasteiger charge is 2.19. The minimum Gasteiger partial charge on any atom is -0.349 e. The third kappa shape index (κ3) is 3.29. The second-order valence-electron chi connectivity index (χ2n) is 6.18. The standard InChI is InChI=1S/C18H25N3/c1-14-13-21(17-11-7-4-8-12-17)18(19-14)20-15(2)16-9-5-3-6-10-16/h3,5-6,9-10,13,15,17H,4,7-8,11-12H2,1-2H3,(H,19,20). The molecule has 3 heteroatoms. The lowest BCUT2D eigenvalue weighted by atomic mass is 9.95. The first kappa shape index (κ1) is 14.2. The van der Waals surface area contributed by atoms with Gasteiger partial charge in [0.15, 0.2) is 0 Å². The Kier molecular flexibility index (Phi) is 4.28. The molecule has 0 spiro atoms. The van der Waals surface area contributed by atoms with E-state index in [-0.39, 0.29) is 6.04 Å². The van der Waals surface area contributed by atoms with Gasteiger partial charge in [0.1, 0.15) is 0 Å². The molecule has 0 amide bonds. The van der Waals surface area contributed by atoms with Crippen molar-refractivity contribution < 1.29 is 0 Å². The SMILES string of the molecule is Cc1cn(C2CCCCC2)c(NC(C)c2ccccc2)n1. The van der Waals surface area contributed by atoms with E-state index in [0.717, 1.165) is 11.6 Å². The van der Waals surface area contributed by atoms with Crippen LogP contribution in [-0.2, 0) is 0 Å². The van der Waals surface area contributed by atoms with E-state index < -0.39 is 0 Å². The molecule has 1 atom stereocenters. The molecule has 112 valence electrons. The molecule has 1 unspecified atom stereocenters. The van der Waals surface area contributed by atoms with Crippen LogP contribution in [0.15, 0.2) is 36.5 Å². The van der Waals surface area contributed by atoms with Crippen molar-refractivity contribution in [2.24, 2.45) is 0 Å². The van der Waals surface area contributed by atoms with Gasteiger partial charge in [-0.15, -0.1) is 0 Å². The molecule has 1 heterocycles. The Morgan fingerprint density at radius 2 is 1.86 bits per heavy atom. The summed E-state index contributed by atoms with van der Waals surface area (Å²) in [6.45, 7) is 4.28. The summed E-state index contributed by atoms with van der Waals surface area (Å²) in [5, 5.41) is 3.60. The predicted molar refractivity (Wildman–Crippen MR) is 87.6 cm³/mol. The lowest BCUT2D eigenvalue weighted by molar-refractivity contribution is 0.355. The summed E-state index contributed by atoms with van der Waals surface area (Å²) in [5.41, 5.74) is 2.40. The molecule has 1 aliphatic carbocycles. The van der Waals surface area contributed by atoms with Crippen molar-refractivity contribution >= 4 is 5.95 Å². The molecule has 1 saturated carbocycles. The van der Waals surface area contributed by atoms with Gasteiger partial charge in [0.25, 0.3) is 0 Å². The minimum atomic E-state index is 0.273. The zero-order valence-electron chi connectivity index (χ0n) is 13.0. The Morgan fingerprint density at radius 1 is 1.14 bits per heavy atom. The number of benzene rings is 1. The van der Waals surface area contributed by atoms with E-state index in [9.17, 15) is 0 Å². The molecule has 1 aromatic heterocycles. The molecule has 1 fully saturated rings. The highest BCUT2D eigenvalue weighted by molar-refractivity contribution is 5.34. The molecule has 21 heavy (non-hydrogen) atoms. The summed E-state index contributed by atoms with van der Waals surface area (Å²) in [7, 11) is 0. The van der Waals surface area contributed by atoms with E-state index in [0.29, 0.717) is 6.04 Å². The normalized spacial score (nSPS) is 17.6. The van der Waals surface area contributed by atoms with E-state index in [1.165, 1.54) is 37.7 Å². The number of rotatable bonds is 4. The van der Waals surface area contributed by atoms with Crippen LogP contribution in [0.3, 0.4) is 0 Å². The van der Waals surface area contributed by atoms with Crippen LogP contribution in [0.1, 0.15) is 62.4 Å². The second-order valence-corrected chi connectivity index (χ2v) is 6.18. The Bertz CT molecular complexity index is 567. The van der Waals surface area contributed by atoms with E-state index in [1.807, 2.05) is 0 Å². The van der Waals surface area contributed by atoms with E-state index in [4.69, 9.17) is 4.98 Å². The third-order valence-electron chi connectivity index (χ3n) is 4.47. The van der Waals surface area contributed by atoms with Crippen molar-refractivity contribution in [2.75, 3.05) is 5.32 Å². The number of anilines is 1. The smallest absolute Gasteiger partial charge is 0.203 e. The maximum atomic E-state index is 4.70. The zero-order chi connectivity index (χ0) is 14.7. The first-order valence-electron chi connectivity index (χ1n) is 8.11. The summed E-state index contributed by atoms with van der Waals surface area (Å²) in [4.78, 5) is 4.70. The molecule has 0 bridgehead atoms. The van der Waals surface area contributed by atoms with Crippen LogP contribution in [0.5, 0.6) is 0 Å². The van der Waals surface area contributed by atoms with Gasteiger partial charge >= 0.3 is 0 Å². The highest BCUT2D eigenvalue weighted by atomic mass is 15.2. The second kappa shape index (κ2) is 6.33. The van der Waals surface area contributed by atoms with Crippen molar-refractivity contribution in [3.8, 4) is 0 Å². The Hall–Kier alpha value is -1.77. The molecular weight excluding hydrogens is 258 g/mol. The first-order chi connectivity index (χ1) is 10.2. The van der Waals surface area contributed by atoms with Gasteiger partial charge in [0, 0.05) is 12.2 Å². The predicted octanol–water partition coefficient (Wildman–Crippen LogP) is 4.87. The van der Waals surface area contributed by atoms with Crippen molar-refractivity contribution in [1.29, 1.82) is 0 Å². The fourth-order valence-corrected chi connectivity index (χ4v) is 3.28. The van der Waals surface area contributed by atoms with Crippen LogP contribution in [0.4, 0.5) is 5.95 Å². The molecule has 2 aromatic rings. The summed E-state index contributed by atoms with van der Waals surface area (Å²) >= 11 is 0. The quantitative estimate of drug-likeness (QED) is 0.867. The maximum Gasteiger partial charge on any atom is 0.203 e. The topological polar surface area (TPSA) is 29.9 Å². The summed E-state index contributed by atoms with van der Waals surface area (Å²) in [6, 6.07) is 11.5. The van der Waals surface area contributed by atoms with Gasteiger partial charge in [-0.1, -0.05) is 49.6 Å². The zero-order valence-corrected chi connectivity index (χ0v) is 13.0. The Labute approximate surface area is 127 Å². The monoisotopic (exact) mass is 283 g/mol. The van der Waals surface area contributed by atoms with Gasteiger partial charge < -0.3 is 9.88 Å². The van der Waals surface area contributed by atoms with Gasteiger partial charge in [-0.05, 0) is 32.3 Å². The number of aromatic nitrogens is 2. The number of hydrogen-bond acceptors (Lipinski definition) is 2. The fourth-order valence-electron chi connectivity index (χ4n) is 3.28. The van der Waals surface area contributed by atoms with Gasteiger partial charge in [0.05, 0.1) is 11.7 Å². The van der Waals surface area contributed by atoms with Crippen LogP contribution in [0.2, 0.25) is 0 Å². The molecule has 3 rings (SSSR count). The van der Waals surface area contributed by atoms with Gasteiger partial charge in [-0.25, -0.2) is 4.98 Å². The number of imidazole rings is 1. The molecule has 0 radical (unpaired) electrons. The number of nitrogens with one attached hydrogen (secondary N) is 1. The average molecular weight is 283 g/mol. The maximum absolute atomic E-state index is 4.70. The largest absolute Gasteiger partial charge is 0.349 e. The van der Waals surface area contributed by atoms with Gasteiger partial charge in [0.2, 0.25) is 5.95 Å². The summed E-state index contributed by atoms with van der Waals surface area (Å²) < 4.78 is 2.37. The first-order valence-corrected chi connectivity index (χ1v) is 8.11. The Morgan fingerprint density at radius 3 is 2.57 bits per heavy atom. The van der Waals surface area contributed by atoms with Gasteiger partial charge in [-0.2, -0.15) is 0 Å². The fraction of sp³-hybridized carbons (Fsp3) is 0.500. The molecule has 1 N–H and O–H groups in total. The van der Waals surface area contributed by atoms with Crippen molar-refractivity contribution in [3.63, 3.8) is 0 Å². The molecule has 3 nitrogen and oxygen atoms in total. The summed E-state index contributed by atoms with van der Waals surface area (Å²) in [6.07, 6.45) is 8.84. The van der Waals surface area contributed by atoms with Crippen molar-refractivity contribution in [3.05, 3.63) is 47.8 Å². The van der Waals surface area contributed by atoms with Crippen LogP contribution in [0, 0.1) is 6.92 Å². The number of nitrogens with zero attached hydrogens (tertiary/aromatic N) is 2. The molecule has 1 aromatic carbocycles. The molecule has 1 aliphatic rings. The molecular formula is C18H25N3. The highest BCUT2D eigenvalue weighted by Crippen LogP contribution is 2.31. The van der Waals surface area contributed by atoms with Crippen LogP contribution >= 0.6 is 0 Å². The number of hydrogen-bond donors (Lipinski definition) is 1. The molecule has 0 aliphatic heterocycles. The van der Waals surface area contributed by atoms with E-state index in [1.54, 1.807) is 0 Å². The van der Waals surface area contributed by atoms with Crippen molar-refractivity contribution in [2.45, 2.75) is 58.0 Å². The Balaban J connectivity index is 1.78. The van der Waals surface area contributed by atoms with Crippen LogP contribution < -0.4 is 5.32 Å². The minimum absolute atomic E-state index is 0.273. The van der Waals surface area contributed by atoms with Crippen LogP contribution in [-0.4, -0.2) is 9.55 Å². The van der Waals surface area contributed by atoms with E-state index in [2.05, 4.69) is 60.3 Å². The lowest BCUT2D eigenvalue weighted by Crippen LogP contribution is -2.17. The van der Waals surface area contributed by atoms with Gasteiger partial charge in [-0.3, -0.25) is 0 Å². The number of aryl methyl sites for hydroxylation is 1. The molecule has 0 saturated heterocycles. The van der Waals surface area contributed by atoms with Crippen LogP contribution in [0.25, 0.3) is 0 Å². The lowest BCUT2D eigenvalue weighted by Gasteiger charge is -2.26. The average Bonchev–Trinajstić information content (AvgIpc) is 2.89. The summed E-state index contributed by atoms with van der Waals surface area (Å²) in [5.74, 6) is 1.02. The van der Waals surface area contributed by atoms with Crippen molar-refractivity contribution in [1.82, 2.24) is 9.55 Å². The van der Waals surface area contributed by atoms with E-state index >= 15 is 0 Å². The third-order valence-corrected chi connectivity index (χ3v) is 4.47.